The molecule has 0 heterocycles. The van der Waals surface area contributed by atoms with E-state index in [2.05, 4.69) is 61.1 Å². The molecule has 0 aliphatic rings. The van der Waals surface area contributed by atoms with Gasteiger partial charge in [0.1, 0.15) is 0 Å². The van der Waals surface area contributed by atoms with Crippen LogP contribution in [0.2, 0.25) is 12.6 Å². The molecule has 0 amide bonds. The minimum absolute atomic E-state index is 0.724. The maximum absolute atomic E-state index is 3.66. The van der Waals surface area contributed by atoms with Crippen LogP contribution >= 0.6 is 0 Å². The zero-order chi connectivity index (χ0) is 14.3. The summed E-state index contributed by atoms with van der Waals surface area (Å²) in [4.78, 5) is 0. The van der Waals surface area contributed by atoms with E-state index in [-0.39, 0.29) is 0 Å². The molecule has 0 atom stereocenters. The van der Waals surface area contributed by atoms with Gasteiger partial charge in [0, 0.05) is 0 Å². The van der Waals surface area contributed by atoms with Gasteiger partial charge in [-0.3, -0.25) is 0 Å². The van der Waals surface area contributed by atoms with Gasteiger partial charge >= 0.3 is 0 Å². The summed E-state index contributed by atoms with van der Waals surface area (Å²) >= 11 is 0. The first-order chi connectivity index (χ1) is 8.22. The molecule has 0 N–H and O–H groups in total. The normalized spacial score (nSPS) is 11.1. The molecule has 0 fully saturated rings. The zero-order valence-electron chi connectivity index (χ0n) is 13.9. The first kappa shape index (κ1) is 17.6. The lowest BCUT2D eigenvalue weighted by atomic mass is 9.36. The van der Waals surface area contributed by atoms with Crippen LogP contribution in [0, 0.1) is 17.8 Å². The van der Waals surface area contributed by atoms with Crippen molar-refractivity contribution in [3.63, 3.8) is 0 Å². The maximum atomic E-state index is 3.66. The molecular formula is C17H33B. The standard InChI is InChI=1S/C17H33B/c1-13(2)9-17(10-14(3)4)18(11-15(5)6)12-16(7)8/h13,15-16H,9,11-12H2,1-8H3. The summed E-state index contributed by atoms with van der Waals surface area (Å²) in [7, 11) is 0. The predicted molar refractivity (Wildman–Crippen MR) is 86.4 cm³/mol. The van der Waals surface area contributed by atoms with Crippen molar-refractivity contribution in [3.8, 4) is 0 Å². The van der Waals surface area contributed by atoms with Gasteiger partial charge in [-0.25, -0.2) is 0 Å². The molecule has 0 radical (unpaired) electrons. The molecule has 1 heteroatoms. The molecule has 0 nitrogen and oxygen atoms in total. The Morgan fingerprint density at radius 2 is 1.28 bits per heavy atom. The zero-order valence-corrected chi connectivity index (χ0v) is 13.9. The van der Waals surface area contributed by atoms with Gasteiger partial charge in [-0.05, 0) is 31.8 Å². The first-order valence-corrected chi connectivity index (χ1v) is 7.65. The molecule has 0 aromatic carbocycles. The van der Waals surface area contributed by atoms with E-state index < -0.39 is 0 Å². The summed E-state index contributed by atoms with van der Waals surface area (Å²) in [5.74, 6) is 2.28. The van der Waals surface area contributed by atoms with Crippen LogP contribution in [-0.4, -0.2) is 6.71 Å². The number of hydrogen-bond donors (Lipinski definition) is 0. The van der Waals surface area contributed by atoms with Crippen molar-refractivity contribution in [1.82, 2.24) is 0 Å². The van der Waals surface area contributed by atoms with Crippen LogP contribution in [0.1, 0.15) is 61.8 Å². The van der Waals surface area contributed by atoms with Gasteiger partial charge in [0.15, 0.2) is 6.71 Å². The Hall–Kier alpha value is -0.415. The molecule has 0 spiro atoms. The Morgan fingerprint density at radius 1 is 0.833 bits per heavy atom. The Labute approximate surface area is 116 Å². The van der Waals surface area contributed by atoms with Crippen molar-refractivity contribution in [2.75, 3.05) is 0 Å². The van der Waals surface area contributed by atoms with Crippen molar-refractivity contribution in [2.45, 2.75) is 74.5 Å². The molecule has 18 heavy (non-hydrogen) atoms. The largest absolute Gasteiger partial charge is 0.181 e. The van der Waals surface area contributed by atoms with Crippen LogP contribution in [0.3, 0.4) is 0 Å². The fourth-order valence-electron chi connectivity index (χ4n) is 2.60. The van der Waals surface area contributed by atoms with Crippen molar-refractivity contribution < 1.29 is 0 Å². The van der Waals surface area contributed by atoms with E-state index in [0.29, 0.717) is 0 Å². The van der Waals surface area contributed by atoms with Gasteiger partial charge in [-0.15, -0.1) is 5.73 Å². The van der Waals surface area contributed by atoms with Gasteiger partial charge in [-0.1, -0.05) is 71.5 Å². The summed E-state index contributed by atoms with van der Waals surface area (Å²) in [5, 5.41) is 0. The van der Waals surface area contributed by atoms with E-state index in [9.17, 15) is 0 Å². The minimum Gasteiger partial charge on any atom is -0.133 e. The molecule has 0 aromatic heterocycles. The van der Waals surface area contributed by atoms with E-state index in [1.165, 1.54) is 24.6 Å². The Balaban J connectivity index is 5.14. The van der Waals surface area contributed by atoms with Crippen LogP contribution in [0.5, 0.6) is 0 Å². The average molecular weight is 248 g/mol. The van der Waals surface area contributed by atoms with Crippen molar-refractivity contribution in [1.29, 1.82) is 0 Å². The number of hydrogen-bond acceptors (Lipinski definition) is 0. The van der Waals surface area contributed by atoms with Crippen LogP contribution in [0.25, 0.3) is 0 Å². The second kappa shape index (κ2) is 8.65. The van der Waals surface area contributed by atoms with Gasteiger partial charge in [0.2, 0.25) is 0 Å². The third kappa shape index (κ3) is 8.64. The number of rotatable bonds is 7. The lowest BCUT2D eigenvalue weighted by Crippen LogP contribution is -2.22. The highest BCUT2D eigenvalue weighted by molar-refractivity contribution is 6.66. The van der Waals surface area contributed by atoms with E-state index in [1.807, 2.05) is 0 Å². The van der Waals surface area contributed by atoms with Gasteiger partial charge in [0.05, 0.1) is 0 Å². The van der Waals surface area contributed by atoms with E-state index >= 15 is 0 Å². The van der Waals surface area contributed by atoms with E-state index in [4.69, 9.17) is 0 Å². The monoisotopic (exact) mass is 248 g/mol. The quantitative estimate of drug-likeness (QED) is 0.390. The molecule has 0 aliphatic heterocycles. The smallest absolute Gasteiger partial charge is 0.133 e. The molecule has 104 valence electrons. The second-order valence-corrected chi connectivity index (χ2v) is 7.20. The molecule has 0 bridgehead atoms. The molecule has 0 aliphatic carbocycles. The minimum atomic E-state index is 0.724. The SMILES string of the molecule is CC(C)=C=C(CC(C)C)B(CC(C)C)CC(C)C. The Bertz CT molecular complexity index is 277. The number of allylic oxidation sites excluding steroid dienone is 1. The maximum Gasteiger partial charge on any atom is 0.181 e. The summed E-state index contributed by atoms with van der Waals surface area (Å²) in [6, 6.07) is 0. The third-order valence-electron chi connectivity index (χ3n) is 3.04. The molecule has 0 unspecified atom stereocenters. The first-order valence-electron chi connectivity index (χ1n) is 7.65. The average Bonchev–Trinajstić information content (AvgIpc) is 2.12. The summed E-state index contributed by atoms with van der Waals surface area (Å²) in [6.45, 7) is 19.0. The third-order valence-corrected chi connectivity index (χ3v) is 3.04. The lowest BCUT2D eigenvalue weighted by Gasteiger charge is -2.21. The summed E-state index contributed by atoms with van der Waals surface area (Å²) in [5.41, 5.74) is 6.54. The van der Waals surface area contributed by atoms with Crippen molar-refractivity contribution in [2.24, 2.45) is 17.8 Å². The Kier molecular flexibility index (Phi) is 8.45. The highest BCUT2D eigenvalue weighted by Gasteiger charge is 2.22. The van der Waals surface area contributed by atoms with Crippen LogP contribution < -0.4 is 0 Å². The molecular weight excluding hydrogens is 215 g/mol. The predicted octanol–water partition coefficient (Wildman–Crippen LogP) is 5.87. The Morgan fingerprint density at radius 3 is 1.56 bits per heavy atom. The fraction of sp³-hybridized carbons (Fsp3) is 0.824. The van der Waals surface area contributed by atoms with Gasteiger partial charge in [0.25, 0.3) is 0 Å². The lowest BCUT2D eigenvalue weighted by molar-refractivity contribution is 0.645. The molecule has 0 saturated heterocycles. The molecule has 0 saturated carbocycles. The van der Waals surface area contributed by atoms with Crippen LogP contribution in [0.15, 0.2) is 16.8 Å². The van der Waals surface area contributed by atoms with Crippen molar-refractivity contribution >= 4 is 6.71 Å². The van der Waals surface area contributed by atoms with E-state index in [1.54, 1.807) is 5.47 Å². The van der Waals surface area contributed by atoms with E-state index in [0.717, 1.165) is 24.5 Å². The van der Waals surface area contributed by atoms with Crippen LogP contribution in [-0.2, 0) is 0 Å². The van der Waals surface area contributed by atoms with Gasteiger partial charge < -0.3 is 0 Å². The fourth-order valence-corrected chi connectivity index (χ4v) is 2.60. The summed E-state index contributed by atoms with van der Waals surface area (Å²) in [6.07, 6.45) is 3.82. The van der Waals surface area contributed by atoms with Crippen LogP contribution in [0.4, 0.5) is 0 Å². The molecule has 0 rings (SSSR count). The second-order valence-electron chi connectivity index (χ2n) is 7.20. The summed E-state index contributed by atoms with van der Waals surface area (Å²) < 4.78 is 0. The topological polar surface area (TPSA) is 0 Å². The van der Waals surface area contributed by atoms with Gasteiger partial charge in [-0.2, -0.15) is 0 Å². The van der Waals surface area contributed by atoms with Crippen molar-refractivity contribution in [3.05, 3.63) is 16.8 Å². The molecule has 0 aromatic rings. The highest BCUT2D eigenvalue weighted by atomic mass is 14.0. The highest BCUT2D eigenvalue weighted by Crippen LogP contribution is 2.24.